The van der Waals surface area contributed by atoms with Gasteiger partial charge in [-0.25, -0.2) is 0 Å². The Hall–Kier alpha value is -1.17. The van der Waals surface area contributed by atoms with E-state index in [0.717, 1.165) is 5.56 Å². The van der Waals surface area contributed by atoms with Gasteiger partial charge in [0.2, 0.25) is 0 Å². The van der Waals surface area contributed by atoms with Gasteiger partial charge in [0, 0.05) is 6.21 Å². The van der Waals surface area contributed by atoms with Gasteiger partial charge in [0.1, 0.15) is 0 Å². The van der Waals surface area contributed by atoms with Gasteiger partial charge in [-0.15, -0.1) is 0 Å². The minimum Gasteiger partial charge on any atom is -0.612 e. The third kappa shape index (κ3) is 5.06. The molecule has 0 aromatic heterocycles. The fourth-order valence-electron chi connectivity index (χ4n) is 0.999. The average molecular weight is 211 g/mol. The minimum absolute atomic E-state index is 0. The van der Waals surface area contributed by atoms with E-state index in [9.17, 15) is 5.11 Å². The first-order valence-electron chi connectivity index (χ1n) is 4.84. The second kappa shape index (κ2) is 8.03. The monoisotopic (exact) mass is 211 g/mol. The van der Waals surface area contributed by atoms with Gasteiger partial charge in [-0.1, -0.05) is 37.3 Å². The zero-order valence-electron chi connectivity index (χ0n) is 9.93. The van der Waals surface area contributed by atoms with Crippen molar-refractivity contribution in [2.75, 3.05) is 6.61 Å². The first-order valence-corrected chi connectivity index (χ1v) is 4.84. The molecule has 3 nitrogen and oxygen atoms in total. The second-order valence-electron chi connectivity index (χ2n) is 2.97. The summed E-state index contributed by atoms with van der Waals surface area (Å²) >= 11 is 0. The summed E-state index contributed by atoms with van der Waals surface area (Å²) in [6.45, 7) is 3.78. The van der Waals surface area contributed by atoms with Gasteiger partial charge >= 0.3 is 18.9 Å². The quantitative estimate of drug-likeness (QED) is 0.353. The summed E-state index contributed by atoms with van der Waals surface area (Å²) in [6.07, 6.45) is 1.65. The molecule has 0 spiro atoms. The van der Waals surface area contributed by atoms with E-state index in [0.29, 0.717) is 12.3 Å². The van der Waals surface area contributed by atoms with Crippen molar-refractivity contribution >= 4 is 6.21 Å². The molecule has 0 aliphatic carbocycles. The van der Waals surface area contributed by atoms with Gasteiger partial charge < -0.3 is 9.84 Å². The van der Waals surface area contributed by atoms with E-state index in [1.54, 1.807) is 20.1 Å². The molecule has 0 aliphatic rings. The number of benzene rings is 1. The molecule has 1 aromatic carbocycles. The maximum absolute atomic E-state index is 11.2. The Bertz CT molecular complexity index is 361. The molecule has 0 radical (unpaired) electrons. The van der Waals surface area contributed by atoms with Crippen molar-refractivity contribution in [1.82, 2.24) is 0 Å². The van der Waals surface area contributed by atoms with E-state index in [1.807, 2.05) is 30.3 Å². The molecule has 16 heavy (non-hydrogen) atoms. The number of hydrogen-bond donors (Lipinski definition) is 0. The van der Waals surface area contributed by atoms with Crippen LogP contribution >= 0.6 is 0 Å². The molecule has 0 atom stereocenters. The zero-order valence-corrected chi connectivity index (χ0v) is 9.93. The predicted octanol–water partition coefficient (Wildman–Crippen LogP) is -1.30. The minimum atomic E-state index is -0.371. The van der Waals surface area contributed by atoms with E-state index < -0.39 is 0 Å². The van der Waals surface area contributed by atoms with Gasteiger partial charge in [-0.3, -0.25) is 4.99 Å². The Morgan fingerprint density at radius 1 is 1.38 bits per heavy atom. The SMILES string of the molecule is CCO/C([O-])=C(\C)N=Cc1ccccc1.[Li+]. The predicted molar refractivity (Wildman–Crippen MR) is 58.4 cm³/mol. The fraction of sp³-hybridized carbons (Fsp3) is 0.250. The molecule has 4 heteroatoms. The van der Waals surface area contributed by atoms with Crippen molar-refractivity contribution in [3.63, 3.8) is 0 Å². The first kappa shape index (κ1) is 14.8. The topological polar surface area (TPSA) is 44.6 Å². The maximum Gasteiger partial charge on any atom is 1.00 e. The van der Waals surface area contributed by atoms with E-state index >= 15 is 0 Å². The molecular weight excluding hydrogens is 197 g/mol. The maximum atomic E-state index is 11.2. The second-order valence-corrected chi connectivity index (χ2v) is 2.97. The Kier molecular flexibility index (Phi) is 7.45. The number of rotatable bonds is 4. The largest absolute Gasteiger partial charge is 1.00 e. The van der Waals surface area contributed by atoms with E-state index in [-0.39, 0.29) is 24.8 Å². The molecule has 0 saturated heterocycles. The van der Waals surface area contributed by atoms with Crippen LogP contribution in [0.1, 0.15) is 19.4 Å². The van der Waals surface area contributed by atoms with Gasteiger partial charge in [0.15, 0.2) is 0 Å². The molecular formula is C12H14LiNO2. The van der Waals surface area contributed by atoms with Crippen LogP contribution in [0.4, 0.5) is 0 Å². The third-order valence-corrected chi connectivity index (χ3v) is 1.78. The molecule has 0 saturated carbocycles. The molecule has 0 amide bonds. The van der Waals surface area contributed by atoms with Crippen LogP contribution in [0.25, 0.3) is 0 Å². The van der Waals surface area contributed by atoms with Crippen molar-refractivity contribution in [1.29, 1.82) is 0 Å². The summed E-state index contributed by atoms with van der Waals surface area (Å²) < 4.78 is 4.80. The summed E-state index contributed by atoms with van der Waals surface area (Å²) in [5, 5.41) is 11.2. The summed E-state index contributed by atoms with van der Waals surface area (Å²) in [7, 11) is 0. The van der Waals surface area contributed by atoms with Crippen LogP contribution in [-0.2, 0) is 4.74 Å². The Balaban J connectivity index is 0.00000225. The normalized spacial score (nSPS) is 11.9. The molecule has 1 rings (SSSR count). The summed E-state index contributed by atoms with van der Waals surface area (Å²) in [4.78, 5) is 4.03. The molecule has 1 aromatic rings. The van der Waals surface area contributed by atoms with E-state index in [4.69, 9.17) is 4.74 Å². The number of allylic oxidation sites excluding steroid dienone is 1. The number of ether oxygens (including phenoxy) is 1. The fourth-order valence-corrected chi connectivity index (χ4v) is 0.999. The van der Waals surface area contributed by atoms with Gasteiger partial charge in [0.25, 0.3) is 0 Å². The van der Waals surface area contributed by atoms with E-state index in [1.165, 1.54) is 0 Å². The van der Waals surface area contributed by atoms with Gasteiger partial charge in [0.05, 0.1) is 11.6 Å². The van der Waals surface area contributed by atoms with Crippen molar-refractivity contribution < 1.29 is 28.7 Å². The third-order valence-electron chi connectivity index (χ3n) is 1.78. The number of hydrogen-bond acceptors (Lipinski definition) is 3. The van der Waals surface area contributed by atoms with Gasteiger partial charge in [-0.05, 0) is 19.1 Å². The van der Waals surface area contributed by atoms with Crippen molar-refractivity contribution in [2.45, 2.75) is 13.8 Å². The number of aliphatic imine (C=N–C) groups is 1. The van der Waals surface area contributed by atoms with Crippen LogP contribution in [0.2, 0.25) is 0 Å². The average Bonchev–Trinajstić information content (AvgIpc) is 2.27. The molecule has 0 fully saturated rings. The molecule has 0 heterocycles. The smallest absolute Gasteiger partial charge is 0.612 e. The van der Waals surface area contributed by atoms with Crippen LogP contribution in [0.15, 0.2) is 47.0 Å². The van der Waals surface area contributed by atoms with Crippen LogP contribution < -0.4 is 24.0 Å². The number of nitrogens with zero attached hydrogens (tertiary/aromatic N) is 1. The van der Waals surface area contributed by atoms with Crippen molar-refractivity contribution in [3.8, 4) is 0 Å². The van der Waals surface area contributed by atoms with Crippen molar-refractivity contribution in [2.24, 2.45) is 4.99 Å². The molecule has 0 bridgehead atoms. The first-order chi connectivity index (χ1) is 7.24. The van der Waals surface area contributed by atoms with Crippen LogP contribution in [-0.4, -0.2) is 12.8 Å². The Morgan fingerprint density at radius 2 is 2.00 bits per heavy atom. The zero-order chi connectivity index (χ0) is 11.1. The standard InChI is InChI=1S/C12H15NO2.Li/c1-3-15-12(14)10(2)13-9-11-7-5-4-6-8-11;/h4-9,14H,3H2,1-2H3;/q;+1/p-1/b12-10+,13-9?;. The molecule has 0 aliphatic heterocycles. The van der Waals surface area contributed by atoms with Crippen LogP contribution in [0.5, 0.6) is 0 Å². The Morgan fingerprint density at radius 3 is 2.56 bits per heavy atom. The summed E-state index contributed by atoms with van der Waals surface area (Å²) in [5.41, 5.74) is 1.32. The summed E-state index contributed by atoms with van der Waals surface area (Å²) in [5.74, 6) is -0.371. The molecule has 0 N–H and O–H groups in total. The Labute approximate surface area is 108 Å². The van der Waals surface area contributed by atoms with Crippen molar-refractivity contribution in [3.05, 3.63) is 47.5 Å². The molecule has 80 valence electrons. The van der Waals surface area contributed by atoms with E-state index in [2.05, 4.69) is 4.99 Å². The van der Waals surface area contributed by atoms with Crippen LogP contribution in [0, 0.1) is 0 Å². The molecule has 0 unspecified atom stereocenters. The summed E-state index contributed by atoms with van der Waals surface area (Å²) in [6, 6.07) is 9.60. The van der Waals surface area contributed by atoms with Crippen LogP contribution in [0.3, 0.4) is 0 Å². The van der Waals surface area contributed by atoms with Gasteiger partial charge in [-0.2, -0.15) is 0 Å².